The lowest BCUT2D eigenvalue weighted by atomic mass is 10.0. The number of amides is 5. The molecule has 0 radical (unpaired) electrons. The van der Waals surface area contributed by atoms with Crippen molar-refractivity contribution < 1.29 is 39.0 Å². The molecule has 0 aliphatic rings. The van der Waals surface area contributed by atoms with Gasteiger partial charge in [-0.2, -0.15) is 0 Å². The third-order valence-electron chi connectivity index (χ3n) is 4.77. The first kappa shape index (κ1) is 30.7. The van der Waals surface area contributed by atoms with Gasteiger partial charge < -0.3 is 43.4 Å². The lowest BCUT2D eigenvalue weighted by molar-refractivity contribution is -0.143. The average Bonchev–Trinajstić information content (AvgIpc) is 2.71. The number of nitrogens with one attached hydrogen (secondary N) is 3. The largest absolute Gasteiger partial charge is 0.480 e. The van der Waals surface area contributed by atoms with E-state index < -0.39 is 65.8 Å². The molecule has 0 fully saturated rings. The number of carboxylic acid groups (broad SMARTS) is 1. The molecule has 14 heteroatoms. The Morgan fingerprint density at radius 1 is 0.735 bits per heavy atom. The molecule has 5 atom stereocenters. The molecule has 5 amide bonds. The highest BCUT2D eigenvalue weighted by molar-refractivity contribution is 5.94. The maximum absolute atomic E-state index is 12.8. The summed E-state index contributed by atoms with van der Waals surface area (Å²) in [5.41, 5.74) is 15.8. The Hall–Kier alpha value is -3.26. The van der Waals surface area contributed by atoms with Gasteiger partial charge in [-0.15, -0.1) is 0 Å². The molecule has 0 aliphatic heterocycles. The smallest absolute Gasteiger partial charge is 0.326 e. The Balaban J connectivity index is 5.64. The van der Waals surface area contributed by atoms with Crippen molar-refractivity contribution in [3.8, 4) is 0 Å². The number of aliphatic hydroxyl groups excluding tert-OH is 1. The minimum Gasteiger partial charge on any atom is -0.480 e. The number of carbonyl (C=O) groups excluding carboxylic acids is 5. The van der Waals surface area contributed by atoms with Gasteiger partial charge >= 0.3 is 5.97 Å². The Bertz CT molecular complexity index is 757. The van der Waals surface area contributed by atoms with Crippen LogP contribution in [0.1, 0.15) is 52.9 Å². The average molecular weight is 489 g/mol. The number of aliphatic hydroxyl groups is 1. The number of primary amides is 2. The molecule has 0 aromatic rings. The Morgan fingerprint density at radius 2 is 1.12 bits per heavy atom. The van der Waals surface area contributed by atoms with Gasteiger partial charge in [0.05, 0.1) is 6.10 Å². The molecule has 0 aliphatic carbocycles. The normalized spacial score (nSPS) is 15.4. The Kier molecular flexibility index (Phi) is 13.4. The van der Waals surface area contributed by atoms with E-state index in [0.29, 0.717) is 0 Å². The van der Waals surface area contributed by atoms with Crippen LogP contribution in [0.5, 0.6) is 0 Å². The van der Waals surface area contributed by atoms with Crippen LogP contribution in [0, 0.1) is 5.92 Å². The maximum atomic E-state index is 12.8. The molecule has 11 N–H and O–H groups in total. The first-order valence-electron chi connectivity index (χ1n) is 10.8. The second-order valence-corrected chi connectivity index (χ2v) is 8.43. The molecule has 194 valence electrons. The van der Waals surface area contributed by atoms with Gasteiger partial charge in [0.2, 0.25) is 29.5 Å². The van der Waals surface area contributed by atoms with Crippen molar-refractivity contribution in [3.63, 3.8) is 0 Å². The molecule has 0 heterocycles. The van der Waals surface area contributed by atoms with E-state index in [1.807, 2.05) is 0 Å². The monoisotopic (exact) mass is 488 g/mol. The van der Waals surface area contributed by atoms with Gasteiger partial charge in [0.1, 0.15) is 24.2 Å². The molecule has 0 spiro atoms. The molecule has 0 saturated heterocycles. The summed E-state index contributed by atoms with van der Waals surface area (Å²) in [6, 6.07) is -5.34. The summed E-state index contributed by atoms with van der Waals surface area (Å²) in [7, 11) is 0. The minimum absolute atomic E-state index is 0.0634. The molecule has 0 rings (SSSR count). The van der Waals surface area contributed by atoms with Crippen LogP contribution in [0.3, 0.4) is 0 Å². The number of hydrogen-bond donors (Lipinski definition) is 8. The summed E-state index contributed by atoms with van der Waals surface area (Å²) in [5, 5.41) is 25.8. The number of nitrogens with two attached hydrogens (primary N) is 3. The summed E-state index contributed by atoms with van der Waals surface area (Å²) < 4.78 is 0. The van der Waals surface area contributed by atoms with Crippen LogP contribution >= 0.6 is 0 Å². The zero-order valence-electron chi connectivity index (χ0n) is 19.6. The number of rotatable bonds is 16. The first-order chi connectivity index (χ1) is 15.6. The van der Waals surface area contributed by atoms with Crippen molar-refractivity contribution in [2.75, 3.05) is 0 Å². The fourth-order valence-electron chi connectivity index (χ4n) is 2.84. The second kappa shape index (κ2) is 14.8. The van der Waals surface area contributed by atoms with Crippen molar-refractivity contribution in [1.29, 1.82) is 0 Å². The third kappa shape index (κ3) is 12.1. The van der Waals surface area contributed by atoms with Crippen LogP contribution in [-0.4, -0.2) is 76.0 Å². The third-order valence-corrected chi connectivity index (χ3v) is 4.77. The molecule has 34 heavy (non-hydrogen) atoms. The van der Waals surface area contributed by atoms with Crippen molar-refractivity contribution >= 4 is 35.5 Å². The first-order valence-corrected chi connectivity index (χ1v) is 10.8. The molecule has 0 aromatic heterocycles. The SMILES string of the molecule is CC(C)CC(NC(=O)C(CCC(N)=O)NC(=O)C(CCC(N)=O)NC(=O)C(N)C(C)O)C(=O)O. The molecule has 0 aromatic carbocycles. The van der Waals surface area contributed by atoms with Crippen LogP contribution in [0.2, 0.25) is 0 Å². The zero-order chi connectivity index (χ0) is 26.6. The van der Waals surface area contributed by atoms with Gasteiger partial charge in [-0.1, -0.05) is 13.8 Å². The molecule has 0 saturated carbocycles. The van der Waals surface area contributed by atoms with Crippen molar-refractivity contribution in [3.05, 3.63) is 0 Å². The molecule has 5 unspecified atom stereocenters. The lowest BCUT2D eigenvalue weighted by Crippen LogP contribution is -2.58. The van der Waals surface area contributed by atoms with Crippen molar-refractivity contribution in [2.45, 2.75) is 83.1 Å². The van der Waals surface area contributed by atoms with E-state index in [-0.39, 0.29) is 38.0 Å². The van der Waals surface area contributed by atoms with Gasteiger partial charge in [-0.05, 0) is 32.1 Å². The van der Waals surface area contributed by atoms with Crippen LogP contribution < -0.4 is 33.2 Å². The number of carboxylic acids is 1. The fraction of sp³-hybridized carbons (Fsp3) is 0.700. The summed E-state index contributed by atoms with van der Waals surface area (Å²) in [6.07, 6.45) is -2.20. The summed E-state index contributed by atoms with van der Waals surface area (Å²) in [6.45, 7) is 4.79. The predicted octanol–water partition coefficient (Wildman–Crippen LogP) is -3.19. The van der Waals surface area contributed by atoms with Gasteiger partial charge in [0, 0.05) is 12.8 Å². The summed E-state index contributed by atoms with van der Waals surface area (Å²) in [5.74, 6) is -5.53. The van der Waals surface area contributed by atoms with Gasteiger partial charge in [-0.3, -0.25) is 24.0 Å². The molecular formula is C20H36N6O8. The van der Waals surface area contributed by atoms with E-state index in [0.717, 1.165) is 0 Å². The van der Waals surface area contributed by atoms with E-state index in [1.54, 1.807) is 13.8 Å². The number of hydrogen-bond acceptors (Lipinski definition) is 8. The standard InChI is InChI=1S/C20H36N6O8/c1-9(2)8-13(20(33)34)26-18(31)11(4-6-14(21)28)24-17(30)12(5-7-15(22)29)25-19(32)16(23)10(3)27/h9-13,16,27H,4-8,23H2,1-3H3,(H2,21,28)(H2,22,29)(H,24,30)(H,25,32)(H,26,31)(H,33,34). The highest BCUT2D eigenvalue weighted by Gasteiger charge is 2.31. The summed E-state index contributed by atoms with van der Waals surface area (Å²) in [4.78, 5) is 71.7. The van der Waals surface area contributed by atoms with Crippen LogP contribution in [0.15, 0.2) is 0 Å². The lowest BCUT2D eigenvalue weighted by Gasteiger charge is -2.25. The van der Waals surface area contributed by atoms with Crippen molar-refractivity contribution in [1.82, 2.24) is 16.0 Å². The molecule has 14 nitrogen and oxygen atoms in total. The fourth-order valence-corrected chi connectivity index (χ4v) is 2.84. The molecule has 0 bridgehead atoms. The predicted molar refractivity (Wildman–Crippen MR) is 119 cm³/mol. The second-order valence-electron chi connectivity index (χ2n) is 8.43. The zero-order valence-corrected chi connectivity index (χ0v) is 19.6. The van der Waals surface area contributed by atoms with Crippen LogP contribution in [0.4, 0.5) is 0 Å². The van der Waals surface area contributed by atoms with Crippen LogP contribution in [-0.2, 0) is 28.8 Å². The van der Waals surface area contributed by atoms with E-state index in [9.17, 15) is 39.0 Å². The Labute approximate surface area is 197 Å². The number of carbonyl (C=O) groups is 6. The van der Waals surface area contributed by atoms with Crippen LogP contribution in [0.25, 0.3) is 0 Å². The minimum atomic E-state index is -1.37. The topological polar surface area (TPSA) is 257 Å². The highest BCUT2D eigenvalue weighted by atomic mass is 16.4. The highest BCUT2D eigenvalue weighted by Crippen LogP contribution is 2.08. The van der Waals surface area contributed by atoms with Gasteiger partial charge in [0.25, 0.3) is 0 Å². The Morgan fingerprint density at radius 3 is 1.44 bits per heavy atom. The summed E-state index contributed by atoms with van der Waals surface area (Å²) >= 11 is 0. The maximum Gasteiger partial charge on any atom is 0.326 e. The van der Waals surface area contributed by atoms with Gasteiger partial charge in [-0.25, -0.2) is 4.79 Å². The molecular weight excluding hydrogens is 452 g/mol. The van der Waals surface area contributed by atoms with Gasteiger partial charge in [0.15, 0.2) is 0 Å². The quantitative estimate of drug-likeness (QED) is 0.109. The van der Waals surface area contributed by atoms with E-state index in [4.69, 9.17) is 17.2 Å². The van der Waals surface area contributed by atoms with Crippen molar-refractivity contribution in [2.24, 2.45) is 23.1 Å². The van der Waals surface area contributed by atoms with E-state index in [2.05, 4.69) is 16.0 Å². The van der Waals surface area contributed by atoms with E-state index in [1.165, 1.54) is 6.92 Å². The van der Waals surface area contributed by atoms with E-state index >= 15 is 0 Å². The number of aliphatic carboxylic acids is 1.